The maximum Gasteiger partial charge on any atom is 0.471 e. The van der Waals surface area contributed by atoms with Crippen LogP contribution in [0.1, 0.15) is 5.56 Å². The van der Waals surface area contributed by atoms with Crippen LogP contribution in [0.3, 0.4) is 0 Å². The summed E-state index contributed by atoms with van der Waals surface area (Å²) in [5.41, 5.74) is 4.07. The molecule has 1 saturated heterocycles. The summed E-state index contributed by atoms with van der Waals surface area (Å²) in [6.45, 7) is 3.27. The van der Waals surface area contributed by atoms with Crippen molar-refractivity contribution in [1.29, 1.82) is 0 Å². The Hall–Kier alpha value is -1.64. The lowest BCUT2D eigenvalue weighted by molar-refractivity contribution is -0.167. The van der Waals surface area contributed by atoms with Crippen molar-refractivity contribution >= 4 is 11.6 Å². The van der Waals surface area contributed by atoms with E-state index in [9.17, 15) is 18.0 Å². The minimum absolute atomic E-state index is 0.124. The summed E-state index contributed by atoms with van der Waals surface area (Å²) in [4.78, 5) is 10.9. The van der Waals surface area contributed by atoms with Gasteiger partial charge in [0.05, 0.1) is 13.2 Å². The number of carbonyl (C=O) groups is 1. The highest BCUT2D eigenvalue weighted by atomic mass is 19.4. The summed E-state index contributed by atoms with van der Waals surface area (Å²) in [6.07, 6.45) is -4.89. The summed E-state index contributed by atoms with van der Waals surface area (Å²) in [6, 6.07) is 6.30. The van der Waals surface area contributed by atoms with E-state index in [1.54, 1.807) is 12.1 Å². The number of anilines is 1. The van der Waals surface area contributed by atoms with Crippen LogP contribution in [-0.2, 0) is 16.1 Å². The Kier molecular flexibility index (Phi) is 5.16. The Balaban J connectivity index is 1.89. The molecule has 116 valence electrons. The fraction of sp³-hybridized carbons (Fsp3) is 0.462. The van der Waals surface area contributed by atoms with Gasteiger partial charge in [-0.05, 0) is 17.7 Å². The highest BCUT2D eigenvalue weighted by molar-refractivity contribution is 5.94. The van der Waals surface area contributed by atoms with E-state index in [2.05, 4.69) is 5.43 Å². The number of nitrogens with one attached hydrogen (secondary N) is 2. The lowest BCUT2D eigenvalue weighted by atomic mass is 10.2. The first-order chi connectivity index (χ1) is 9.95. The van der Waals surface area contributed by atoms with Crippen molar-refractivity contribution in [3.63, 3.8) is 0 Å². The zero-order valence-corrected chi connectivity index (χ0v) is 11.2. The maximum atomic E-state index is 12.2. The zero-order valence-electron chi connectivity index (χ0n) is 11.2. The second-order valence-corrected chi connectivity index (χ2v) is 4.59. The molecule has 0 unspecified atom stereocenters. The summed E-state index contributed by atoms with van der Waals surface area (Å²) in [5, 5.41) is 3.83. The van der Waals surface area contributed by atoms with Crippen molar-refractivity contribution in [2.45, 2.75) is 12.7 Å². The van der Waals surface area contributed by atoms with Gasteiger partial charge in [-0.25, -0.2) is 5.01 Å². The van der Waals surface area contributed by atoms with Gasteiger partial charge in [-0.15, -0.1) is 0 Å². The van der Waals surface area contributed by atoms with E-state index in [0.717, 1.165) is 18.7 Å². The third-order valence-electron chi connectivity index (χ3n) is 2.96. The number of hydrogen-bond acceptors (Lipinski definition) is 4. The number of hydrazine groups is 1. The average Bonchev–Trinajstić information content (AvgIpc) is 2.46. The van der Waals surface area contributed by atoms with Crippen molar-refractivity contribution in [3.05, 3.63) is 29.8 Å². The molecule has 2 rings (SSSR count). The van der Waals surface area contributed by atoms with E-state index in [1.807, 2.05) is 10.3 Å². The molecular formula is C13H16F3N3O2. The Bertz CT molecular complexity index is 488. The normalized spacial score (nSPS) is 16.7. The number of morpholine rings is 1. The molecule has 1 aliphatic heterocycles. The lowest BCUT2D eigenvalue weighted by Gasteiger charge is -2.27. The first kappa shape index (κ1) is 15.7. The van der Waals surface area contributed by atoms with E-state index >= 15 is 0 Å². The van der Waals surface area contributed by atoms with Crippen LogP contribution in [0.15, 0.2) is 24.3 Å². The third-order valence-corrected chi connectivity index (χ3v) is 2.96. The minimum Gasteiger partial charge on any atom is -0.379 e. The predicted octanol–water partition coefficient (Wildman–Crippen LogP) is 1.52. The van der Waals surface area contributed by atoms with Gasteiger partial charge in [-0.3, -0.25) is 10.2 Å². The average molecular weight is 303 g/mol. The number of nitrogens with zero attached hydrogens (tertiary/aromatic N) is 1. The molecule has 0 saturated carbocycles. The standard InChI is InChI=1S/C13H16F3N3O2/c14-13(15,16)12(20)18-11-3-1-2-10(8-11)9-17-19-4-6-21-7-5-19/h1-3,8,17H,4-7,9H2,(H,18,20). The van der Waals surface area contributed by atoms with Gasteiger partial charge in [-0.1, -0.05) is 12.1 Å². The van der Waals surface area contributed by atoms with Crippen molar-refractivity contribution < 1.29 is 22.7 Å². The predicted molar refractivity (Wildman–Crippen MR) is 70.4 cm³/mol. The second kappa shape index (κ2) is 6.88. The van der Waals surface area contributed by atoms with Gasteiger partial charge in [0.25, 0.3) is 0 Å². The monoisotopic (exact) mass is 303 g/mol. The van der Waals surface area contributed by atoms with E-state index in [0.29, 0.717) is 19.8 Å². The number of rotatable bonds is 4. The summed E-state index contributed by atoms with van der Waals surface area (Å²) < 4.78 is 41.8. The SMILES string of the molecule is O=C(Nc1cccc(CNN2CCOCC2)c1)C(F)(F)F. The molecule has 2 N–H and O–H groups in total. The molecule has 0 aliphatic carbocycles. The quantitative estimate of drug-likeness (QED) is 0.885. The van der Waals surface area contributed by atoms with Crippen molar-refractivity contribution in [2.75, 3.05) is 31.6 Å². The molecule has 1 amide bonds. The van der Waals surface area contributed by atoms with Crippen LogP contribution in [-0.4, -0.2) is 43.4 Å². The van der Waals surface area contributed by atoms with Crippen molar-refractivity contribution in [2.24, 2.45) is 0 Å². The smallest absolute Gasteiger partial charge is 0.379 e. The molecule has 8 heteroatoms. The van der Waals surface area contributed by atoms with Crippen LogP contribution >= 0.6 is 0 Å². The molecule has 0 bridgehead atoms. The van der Waals surface area contributed by atoms with Crippen LogP contribution in [0.2, 0.25) is 0 Å². The molecule has 0 atom stereocenters. The number of carbonyl (C=O) groups excluding carboxylic acids is 1. The van der Waals surface area contributed by atoms with Crippen LogP contribution in [0.4, 0.5) is 18.9 Å². The topological polar surface area (TPSA) is 53.6 Å². The van der Waals surface area contributed by atoms with E-state index in [-0.39, 0.29) is 5.69 Å². The maximum absolute atomic E-state index is 12.2. The number of hydrogen-bond donors (Lipinski definition) is 2. The van der Waals surface area contributed by atoms with Gasteiger partial charge in [0.1, 0.15) is 0 Å². The highest BCUT2D eigenvalue weighted by Gasteiger charge is 2.38. The number of amides is 1. The molecule has 5 nitrogen and oxygen atoms in total. The highest BCUT2D eigenvalue weighted by Crippen LogP contribution is 2.18. The molecule has 1 aromatic carbocycles. The molecule has 0 aromatic heterocycles. The number of alkyl halides is 3. The molecule has 21 heavy (non-hydrogen) atoms. The van der Waals surface area contributed by atoms with Crippen LogP contribution in [0.25, 0.3) is 0 Å². The van der Waals surface area contributed by atoms with E-state index in [1.165, 1.54) is 12.1 Å². The molecule has 0 radical (unpaired) electrons. The van der Waals surface area contributed by atoms with Crippen LogP contribution in [0, 0.1) is 0 Å². The van der Waals surface area contributed by atoms with Gasteiger partial charge < -0.3 is 10.1 Å². The number of halogens is 3. The molecular weight excluding hydrogens is 287 g/mol. The first-order valence-corrected chi connectivity index (χ1v) is 6.48. The van der Waals surface area contributed by atoms with Gasteiger partial charge in [0, 0.05) is 25.3 Å². The first-order valence-electron chi connectivity index (χ1n) is 6.48. The Morgan fingerprint density at radius 3 is 2.67 bits per heavy atom. The summed E-state index contributed by atoms with van der Waals surface area (Å²) in [5.74, 6) is -1.97. The Morgan fingerprint density at radius 2 is 2.00 bits per heavy atom. The molecule has 1 heterocycles. The van der Waals surface area contributed by atoms with E-state index < -0.39 is 12.1 Å². The molecule has 1 aliphatic rings. The van der Waals surface area contributed by atoms with Gasteiger partial charge in [0.15, 0.2) is 0 Å². The fourth-order valence-corrected chi connectivity index (χ4v) is 1.89. The van der Waals surface area contributed by atoms with Gasteiger partial charge in [0.2, 0.25) is 0 Å². The Morgan fingerprint density at radius 1 is 1.29 bits per heavy atom. The largest absolute Gasteiger partial charge is 0.471 e. The number of benzene rings is 1. The minimum atomic E-state index is -4.89. The molecule has 1 fully saturated rings. The van der Waals surface area contributed by atoms with E-state index in [4.69, 9.17) is 4.74 Å². The summed E-state index contributed by atoms with van der Waals surface area (Å²) >= 11 is 0. The lowest BCUT2D eigenvalue weighted by Crippen LogP contribution is -2.45. The van der Waals surface area contributed by atoms with Crippen LogP contribution in [0.5, 0.6) is 0 Å². The zero-order chi connectivity index (χ0) is 15.3. The molecule has 0 spiro atoms. The van der Waals surface area contributed by atoms with Crippen molar-refractivity contribution in [1.82, 2.24) is 10.4 Å². The second-order valence-electron chi connectivity index (χ2n) is 4.59. The number of ether oxygens (including phenoxy) is 1. The Labute approximate surface area is 120 Å². The van der Waals surface area contributed by atoms with Gasteiger partial charge in [-0.2, -0.15) is 13.2 Å². The summed E-state index contributed by atoms with van der Waals surface area (Å²) in [7, 11) is 0. The molecule has 1 aromatic rings. The fourth-order valence-electron chi connectivity index (χ4n) is 1.89. The van der Waals surface area contributed by atoms with Gasteiger partial charge >= 0.3 is 12.1 Å². The van der Waals surface area contributed by atoms with Crippen LogP contribution < -0.4 is 10.7 Å². The third kappa shape index (κ3) is 5.00. The van der Waals surface area contributed by atoms with Crippen molar-refractivity contribution in [3.8, 4) is 0 Å².